The van der Waals surface area contributed by atoms with Crippen LogP contribution in [-0.4, -0.2) is 58.3 Å². The van der Waals surface area contributed by atoms with E-state index >= 15 is 0 Å². The first-order chi connectivity index (χ1) is 15.4. The molecular formula is C24H35FN4O3. The lowest BCUT2D eigenvalue weighted by Gasteiger charge is -2.37. The molecule has 176 valence electrons. The number of halogens is 1. The van der Waals surface area contributed by atoms with E-state index in [-0.39, 0.29) is 23.4 Å². The molecule has 1 aromatic heterocycles. The van der Waals surface area contributed by atoms with Gasteiger partial charge in [-0.2, -0.15) is 0 Å². The van der Waals surface area contributed by atoms with Gasteiger partial charge in [-0.25, -0.2) is 9.18 Å². The number of aliphatic hydroxyl groups is 1. The number of hydrogen-bond acceptors (Lipinski definition) is 4. The number of amides is 1. The average Bonchev–Trinajstić information content (AvgIpc) is 3.13. The van der Waals surface area contributed by atoms with Crippen LogP contribution < -0.4 is 11.0 Å². The number of nitrogens with one attached hydrogen (secondary N) is 2. The molecule has 3 N–H and O–H groups in total. The molecule has 1 unspecified atom stereocenters. The van der Waals surface area contributed by atoms with Crippen LogP contribution in [0.2, 0.25) is 0 Å². The fourth-order valence-corrected chi connectivity index (χ4v) is 5.57. The minimum absolute atomic E-state index is 0.0325. The second-order valence-electron chi connectivity index (χ2n) is 9.52. The first kappa shape index (κ1) is 23.0. The summed E-state index contributed by atoms with van der Waals surface area (Å²) < 4.78 is 16.1. The molecule has 2 aliphatic rings. The highest BCUT2D eigenvalue weighted by molar-refractivity contribution is 5.97. The Labute approximate surface area is 188 Å². The van der Waals surface area contributed by atoms with Gasteiger partial charge in [-0.05, 0) is 43.6 Å². The number of β-amino-alcohol motifs (C(OH)–C–C–N with tert-alkyl or cyclic N) is 1. The van der Waals surface area contributed by atoms with Crippen molar-refractivity contribution in [3.05, 3.63) is 34.0 Å². The van der Waals surface area contributed by atoms with Gasteiger partial charge >= 0.3 is 5.69 Å². The van der Waals surface area contributed by atoms with E-state index < -0.39 is 11.7 Å². The number of carbonyl (C=O) groups excluding carboxylic acids is 1. The predicted octanol–water partition coefficient (Wildman–Crippen LogP) is 3.04. The molecule has 2 aromatic rings. The highest BCUT2D eigenvalue weighted by atomic mass is 19.1. The number of fused-ring (bicyclic) bond motifs is 1. The number of aliphatic hydroxyl groups excluding tert-OH is 1. The van der Waals surface area contributed by atoms with Crippen LogP contribution in [0, 0.1) is 17.7 Å². The van der Waals surface area contributed by atoms with Gasteiger partial charge < -0.3 is 20.3 Å². The van der Waals surface area contributed by atoms with Crippen LogP contribution in [-0.2, 0) is 0 Å². The van der Waals surface area contributed by atoms with Gasteiger partial charge in [0.2, 0.25) is 0 Å². The van der Waals surface area contributed by atoms with Crippen LogP contribution in [0.25, 0.3) is 11.0 Å². The Morgan fingerprint density at radius 1 is 1.22 bits per heavy atom. The van der Waals surface area contributed by atoms with Crippen molar-refractivity contribution in [3.63, 3.8) is 0 Å². The quantitative estimate of drug-likeness (QED) is 0.636. The zero-order valence-corrected chi connectivity index (χ0v) is 19.1. The van der Waals surface area contributed by atoms with E-state index in [0.29, 0.717) is 23.5 Å². The lowest BCUT2D eigenvalue weighted by Crippen LogP contribution is -2.43. The number of aromatic nitrogens is 2. The fraction of sp³-hybridized carbons (Fsp3) is 0.667. The van der Waals surface area contributed by atoms with E-state index in [4.69, 9.17) is 0 Å². The van der Waals surface area contributed by atoms with Crippen molar-refractivity contribution in [2.75, 3.05) is 26.7 Å². The number of H-pyrrole nitrogens is 1. The molecule has 0 bridgehead atoms. The maximum atomic E-state index is 14.5. The summed E-state index contributed by atoms with van der Waals surface area (Å²) in [6, 6.07) is 2.65. The molecule has 1 aliphatic heterocycles. The van der Waals surface area contributed by atoms with Gasteiger partial charge in [-0.1, -0.05) is 26.2 Å². The van der Waals surface area contributed by atoms with E-state index in [1.54, 1.807) is 4.57 Å². The first-order valence-electron chi connectivity index (χ1n) is 12.0. The molecule has 2 fully saturated rings. The number of likely N-dealkylation sites (tertiary alicyclic amines) is 1. The number of benzene rings is 1. The number of hydrogen-bond donors (Lipinski definition) is 3. The number of piperidine rings is 1. The summed E-state index contributed by atoms with van der Waals surface area (Å²) in [5.74, 6) is 0.0567. The second kappa shape index (κ2) is 9.75. The lowest BCUT2D eigenvalue weighted by molar-refractivity contribution is 0.0307. The predicted molar refractivity (Wildman–Crippen MR) is 122 cm³/mol. The van der Waals surface area contributed by atoms with Crippen molar-refractivity contribution < 1.29 is 14.3 Å². The van der Waals surface area contributed by atoms with Crippen LogP contribution in [0.15, 0.2) is 16.9 Å². The third-order valence-corrected chi connectivity index (χ3v) is 7.66. The largest absolute Gasteiger partial charge is 0.392 e. The fourth-order valence-electron chi connectivity index (χ4n) is 5.57. The van der Waals surface area contributed by atoms with Gasteiger partial charge in [0.1, 0.15) is 5.82 Å². The second-order valence-corrected chi connectivity index (χ2v) is 9.52. The van der Waals surface area contributed by atoms with Crippen molar-refractivity contribution in [3.8, 4) is 0 Å². The Bertz CT molecular complexity index is 1000. The third-order valence-electron chi connectivity index (χ3n) is 7.66. The van der Waals surface area contributed by atoms with Gasteiger partial charge in [-0.3, -0.25) is 9.36 Å². The third kappa shape index (κ3) is 4.62. The van der Waals surface area contributed by atoms with Crippen LogP contribution >= 0.6 is 0 Å². The summed E-state index contributed by atoms with van der Waals surface area (Å²) in [6.07, 6.45) is 7.15. The highest BCUT2D eigenvalue weighted by Gasteiger charge is 2.30. The topological polar surface area (TPSA) is 90.4 Å². The summed E-state index contributed by atoms with van der Waals surface area (Å²) in [5.41, 5.74) is 0.603. The van der Waals surface area contributed by atoms with Crippen LogP contribution in [0.5, 0.6) is 0 Å². The summed E-state index contributed by atoms with van der Waals surface area (Å²) in [5, 5.41) is 13.2. The van der Waals surface area contributed by atoms with Crippen molar-refractivity contribution in [2.24, 2.45) is 11.8 Å². The Hall–Kier alpha value is -2.19. The number of imidazole rings is 1. The Balaban J connectivity index is 1.40. The molecule has 2 heterocycles. The van der Waals surface area contributed by atoms with Gasteiger partial charge in [0, 0.05) is 38.8 Å². The molecule has 1 saturated carbocycles. The molecular weight excluding hydrogens is 411 g/mol. The van der Waals surface area contributed by atoms with Crippen LogP contribution in [0.4, 0.5) is 4.39 Å². The highest BCUT2D eigenvalue weighted by Crippen LogP contribution is 2.33. The maximum Gasteiger partial charge on any atom is 0.326 e. The molecule has 0 spiro atoms. The first-order valence-corrected chi connectivity index (χ1v) is 12.0. The number of aromatic amines is 1. The van der Waals surface area contributed by atoms with Crippen LogP contribution in [0.3, 0.4) is 0 Å². The number of carbonyl (C=O) groups is 1. The number of nitrogens with zero attached hydrogens (tertiary/aromatic N) is 2. The van der Waals surface area contributed by atoms with E-state index in [0.717, 1.165) is 44.7 Å². The Morgan fingerprint density at radius 2 is 1.91 bits per heavy atom. The van der Waals surface area contributed by atoms with E-state index in [1.807, 2.05) is 0 Å². The SMILES string of the molecule is CCC1CCC(C(O)CN2CCC(n3c(=O)[nH]c4cc(C(=O)NC)c(F)cc43)CC2)CC1. The van der Waals surface area contributed by atoms with E-state index in [1.165, 1.54) is 38.4 Å². The lowest BCUT2D eigenvalue weighted by atomic mass is 9.78. The zero-order valence-electron chi connectivity index (χ0n) is 19.1. The van der Waals surface area contributed by atoms with Gasteiger partial charge in [0.25, 0.3) is 5.91 Å². The zero-order chi connectivity index (χ0) is 22.8. The minimum Gasteiger partial charge on any atom is -0.392 e. The molecule has 8 heteroatoms. The standard InChI is InChI=1S/C24H35FN4O3/c1-3-15-4-6-16(7-5-15)22(30)14-28-10-8-17(9-11-28)29-21-13-19(25)18(23(31)26-2)12-20(21)27-24(29)32/h12-13,15-17,22,30H,3-11,14H2,1-2H3,(H,26,31)(H,27,32). The smallest absolute Gasteiger partial charge is 0.326 e. The Kier molecular flexibility index (Phi) is 7.00. The van der Waals surface area contributed by atoms with Crippen molar-refractivity contribution in [2.45, 2.75) is 64.0 Å². The molecule has 7 nitrogen and oxygen atoms in total. The number of rotatable bonds is 6. The van der Waals surface area contributed by atoms with Gasteiger partial charge in [0.15, 0.2) is 0 Å². The van der Waals surface area contributed by atoms with Crippen LogP contribution in [0.1, 0.15) is 68.3 Å². The Morgan fingerprint density at radius 3 is 2.53 bits per heavy atom. The average molecular weight is 447 g/mol. The van der Waals surface area contributed by atoms with E-state index in [2.05, 4.69) is 22.1 Å². The molecule has 32 heavy (non-hydrogen) atoms. The minimum atomic E-state index is -0.636. The van der Waals surface area contributed by atoms with Gasteiger partial charge in [-0.15, -0.1) is 0 Å². The molecule has 1 atom stereocenters. The van der Waals surface area contributed by atoms with Gasteiger partial charge in [0.05, 0.1) is 22.7 Å². The summed E-state index contributed by atoms with van der Waals surface area (Å²) in [7, 11) is 1.45. The molecule has 1 saturated heterocycles. The monoisotopic (exact) mass is 446 g/mol. The van der Waals surface area contributed by atoms with Crippen molar-refractivity contribution in [1.29, 1.82) is 0 Å². The summed E-state index contributed by atoms with van der Waals surface area (Å²) >= 11 is 0. The van der Waals surface area contributed by atoms with Crippen molar-refractivity contribution in [1.82, 2.24) is 19.8 Å². The van der Waals surface area contributed by atoms with Crippen molar-refractivity contribution >= 4 is 16.9 Å². The maximum absolute atomic E-state index is 14.5. The molecule has 0 radical (unpaired) electrons. The summed E-state index contributed by atoms with van der Waals surface area (Å²) in [6.45, 7) is 4.52. The molecule has 4 rings (SSSR count). The molecule has 1 aromatic carbocycles. The normalized spacial score (nSPS) is 24.0. The molecule has 1 aliphatic carbocycles. The van der Waals surface area contributed by atoms with E-state index in [9.17, 15) is 19.1 Å². The summed E-state index contributed by atoms with van der Waals surface area (Å²) in [4.78, 5) is 29.6. The molecule has 1 amide bonds.